The van der Waals surface area contributed by atoms with Crippen molar-refractivity contribution in [2.24, 2.45) is 0 Å². The monoisotopic (exact) mass is 445 g/mol. The van der Waals surface area contributed by atoms with Crippen LogP contribution in [0.25, 0.3) is 0 Å². The predicted octanol–water partition coefficient (Wildman–Crippen LogP) is 6.96. The number of rotatable bonds is 17. The number of allylic oxidation sites excluding steroid dienone is 2. The molecule has 0 unspecified atom stereocenters. The first-order chi connectivity index (χ1) is 13.7. The van der Waals surface area contributed by atoms with E-state index in [4.69, 9.17) is 10.5 Å². The van der Waals surface area contributed by atoms with Crippen LogP contribution in [-0.4, -0.2) is 42.5 Å². The fourth-order valence-electron chi connectivity index (χ4n) is 3.41. The number of benzene rings is 1. The Balaban J connectivity index is 0. The second-order valence-electron chi connectivity index (χ2n) is 7.71. The van der Waals surface area contributed by atoms with Crippen LogP contribution in [0.2, 0.25) is 0 Å². The second-order valence-corrected chi connectivity index (χ2v) is 7.71. The molecule has 0 radical (unpaired) electrons. The second kappa shape index (κ2) is 21.8. The minimum atomic E-state index is 0. The third-order valence-electron chi connectivity index (χ3n) is 5.22. The Kier molecular flexibility index (Phi) is 23.1. The van der Waals surface area contributed by atoms with Gasteiger partial charge in [0.2, 0.25) is 0 Å². The fraction of sp³-hybridized carbons (Fsp3) is 0.640. The van der Waals surface area contributed by atoms with Crippen LogP contribution in [0.15, 0.2) is 30.4 Å². The molecule has 5 heteroatoms. The summed E-state index contributed by atoms with van der Waals surface area (Å²) in [5.41, 5.74) is 7.09. The summed E-state index contributed by atoms with van der Waals surface area (Å²) in [5.74, 6) is 0.796. The molecular formula is C25H44NNaO2S. The Morgan fingerprint density at radius 1 is 0.900 bits per heavy atom. The summed E-state index contributed by atoms with van der Waals surface area (Å²) < 4.78 is 5.13. The van der Waals surface area contributed by atoms with E-state index in [1.165, 1.54) is 70.6 Å². The van der Waals surface area contributed by atoms with Crippen molar-refractivity contribution < 1.29 is 9.53 Å². The van der Waals surface area contributed by atoms with Crippen LogP contribution in [0.5, 0.6) is 5.75 Å². The molecule has 1 aromatic carbocycles. The topological polar surface area (TPSA) is 52.3 Å². The molecule has 0 aliphatic carbocycles. The molecule has 0 atom stereocenters. The van der Waals surface area contributed by atoms with Crippen molar-refractivity contribution in [2.75, 3.05) is 12.8 Å². The van der Waals surface area contributed by atoms with E-state index in [0.717, 1.165) is 12.8 Å². The van der Waals surface area contributed by atoms with Gasteiger partial charge in [0.05, 0.1) is 12.8 Å². The van der Waals surface area contributed by atoms with Crippen molar-refractivity contribution in [2.45, 2.75) is 96.8 Å². The zero-order chi connectivity index (χ0) is 20.5. The van der Waals surface area contributed by atoms with Gasteiger partial charge in [-0.1, -0.05) is 70.4 Å². The van der Waals surface area contributed by atoms with Crippen LogP contribution in [0.3, 0.4) is 0 Å². The number of hydrogen-bond acceptors (Lipinski definition) is 3. The van der Waals surface area contributed by atoms with E-state index in [-0.39, 0.29) is 48.8 Å². The summed E-state index contributed by atoms with van der Waals surface area (Å²) in [4.78, 5) is 12.2. The number of carbonyl (C=O) groups is 1. The molecule has 3 nitrogen and oxygen atoms in total. The van der Waals surface area contributed by atoms with Gasteiger partial charge in [-0.3, -0.25) is 4.79 Å². The van der Waals surface area contributed by atoms with E-state index in [0.29, 0.717) is 23.4 Å². The summed E-state index contributed by atoms with van der Waals surface area (Å²) in [5, 5.41) is 0. The van der Waals surface area contributed by atoms with Gasteiger partial charge in [-0.15, -0.1) is 0 Å². The quantitative estimate of drug-likeness (QED) is 0.0927. The molecule has 0 aromatic heterocycles. The van der Waals surface area contributed by atoms with E-state index in [1.807, 2.05) is 0 Å². The maximum absolute atomic E-state index is 12.2. The number of methoxy groups -OCH3 is 1. The summed E-state index contributed by atoms with van der Waals surface area (Å²) in [6.07, 6.45) is 21.8. The Morgan fingerprint density at radius 3 is 1.97 bits per heavy atom. The third kappa shape index (κ3) is 15.4. The van der Waals surface area contributed by atoms with Crippen molar-refractivity contribution in [3.8, 4) is 5.75 Å². The molecule has 0 aliphatic rings. The number of nitrogen functional groups attached to an aromatic ring is 1. The van der Waals surface area contributed by atoms with Gasteiger partial charge in [-0.25, -0.2) is 0 Å². The van der Waals surface area contributed by atoms with Gasteiger partial charge >= 0.3 is 29.6 Å². The molecule has 0 fully saturated rings. The molecule has 0 aliphatic heterocycles. The Labute approximate surface area is 214 Å². The molecule has 0 bridgehead atoms. The van der Waals surface area contributed by atoms with E-state index in [2.05, 4.69) is 19.1 Å². The van der Waals surface area contributed by atoms with E-state index >= 15 is 0 Å². The van der Waals surface area contributed by atoms with Gasteiger partial charge in [-0.05, 0) is 50.3 Å². The molecule has 0 saturated carbocycles. The van der Waals surface area contributed by atoms with Gasteiger partial charge in [-0.2, -0.15) is 13.5 Å². The molecule has 1 rings (SSSR count). The number of ether oxygens (including phenoxy) is 1. The van der Waals surface area contributed by atoms with Gasteiger partial charge < -0.3 is 10.5 Å². The number of anilines is 1. The standard InChI is InChI=1S/C25H41NO2.Na.H2S.H/c1-3-4-5-6-7-8-9-10-11-12-13-14-15-16-17-18-24(27)22-19-20-25(28-2)23(26)21-22;;;/h10-11,19-21H,3-9,12-18,26H2,1-2H3;;1H2;/b11-10-;;;. The zero-order valence-electron chi connectivity index (χ0n) is 18.7. The Morgan fingerprint density at radius 2 is 1.43 bits per heavy atom. The molecule has 30 heavy (non-hydrogen) atoms. The van der Waals surface area contributed by atoms with Crippen molar-refractivity contribution in [1.29, 1.82) is 0 Å². The predicted molar refractivity (Wildman–Crippen MR) is 139 cm³/mol. The van der Waals surface area contributed by atoms with Crippen LogP contribution < -0.4 is 10.5 Å². The molecule has 168 valence electrons. The summed E-state index contributed by atoms with van der Waals surface area (Å²) in [6.45, 7) is 2.27. The summed E-state index contributed by atoms with van der Waals surface area (Å²) in [7, 11) is 1.58. The van der Waals surface area contributed by atoms with Crippen LogP contribution in [0, 0.1) is 0 Å². The summed E-state index contributed by atoms with van der Waals surface area (Å²) in [6, 6.07) is 5.29. The molecule has 0 spiro atoms. The average Bonchev–Trinajstić information content (AvgIpc) is 2.70. The zero-order valence-corrected chi connectivity index (χ0v) is 19.7. The Bertz CT molecular complexity index is 578. The van der Waals surface area contributed by atoms with Crippen LogP contribution in [-0.2, 0) is 0 Å². The molecule has 1 aromatic rings. The number of carbonyl (C=O) groups excluding carboxylic acids is 1. The fourth-order valence-corrected chi connectivity index (χ4v) is 3.41. The minimum absolute atomic E-state index is 0. The van der Waals surface area contributed by atoms with Crippen molar-refractivity contribution in [1.82, 2.24) is 0 Å². The Hall–Kier alpha value is -0.420. The molecule has 0 amide bonds. The van der Waals surface area contributed by atoms with Gasteiger partial charge in [0.15, 0.2) is 5.78 Å². The van der Waals surface area contributed by atoms with Crippen LogP contribution in [0.4, 0.5) is 5.69 Å². The van der Waals surface area contributed by atoms with Gasteiger partial charge in [0, 0.05) is 12.0 Å². The average molecular weight is 446 g/mol. The summed E-state index contributed by atoms with van der Waals surface area (Å²) >= 11 is 0. The number of hydrogen-bond donors (Lipinski definition) is 1. The number of nitrogens with two attached hydrogens (primary N) is 1. The first-order valence-electron chi connectivity index (χ1n) is 11.3. The third-order valence-corrected chi connectivity index (χ3v) is 5.22. The number of Topliss-reactive ketones (excluding diaryl/α,β-unsaturated/α-hetero) is 1. The van der Waals surface area contributed by atoms with Gasteiger partial charge in [0.25, 0.3) is 0 Å². The van der Waals surface area contributed by atoms with Crippen molar-refractivity contribution >= 4 is 54.5 Å². The first kappa shape index (κ1) is 31.8. The van der Waals surface area contributed by atoms with E-state index < -0.39 is 0 Å². The van der Waals surface area contributed by atoms with E-state index in [1.54, 1.807) is 25.3 Å². The first-order valence-corrected chi connectivity index (χ1v) is 11.3. The molecule has 0 saturated heterocycles. The van der Waals surface area contributed by atoms with Crippen LogP contribution in [0.1, 0.15) is 107 Å². The maximum atomic E-state index is 12.2. The van der Waals surface area contributed by atoms with Gasteiger partial charge in [0.1, 0.15) is 5.75 Å². The molecule has 2 N–H and O–H groups in total. The molecular weight excluding hydrogens is 401 g/mol. The van der Waals surface area contributed by atoms with Crippen LogP contribution >= 0.6 is 13.5 Å². The number of ketones is 1. The number of unbranched alkanes of at least 4 members (excludes halogenated alkanes) is 11. The normalized spacial score (nSPS) is 10.5. The van der Waals surface area contributed by atoms with E-state index in [9.17, 15) is 4.79 Å². The van der Waals surface area contributed by atoms with Crippen molar-refractivity contribution in [3.63, 3.8) is 0 Å². The molecule has 0 heterocycles. The SMILES string of the molecule is CCCCCCCC/C=C\CCCCCCCC(=O)c1ccc(OC)c(N)c1.S.[NaH]. The van der Waals surface area contributed by atoms with Crippen molar-refractivity contribution in [3.05, 3.63) is 35.9 Å².